The minimum Gasteiger partial charge on any atom is -0.379 e. The van der Waals surface area contributed by atoms with Crippen molar-refractivity contribution in [1.82, 2.24) is 14.8 Å². The zero-order valence-electron chi connectivity index (χ0n) is 13.2. The molecule has 0 unspecified atom stereocenters. The summed E-state index contributed by atoms with van der Waals surface area (Å²) in [5.74, 6) is 0.855. The third kappa shape index (κ3) is 3.17. The molecule has 2 aromatic heterocycles. The third-order valence-corrected chi connectivity index (χ3v) is 3.54. The van der Waals surface area contributed by atoms with Gasteiger partial charge in [0, 0.05) is 11.4 Å². The van der Waals surface area contributed by atoms with Crippen LogP contribution in [-0.4, -0.2) is 14.8 Å². The molecule has 112 valence electrons. The molecule has 0 saturated carbocycles. The third-order valence-electron chi connectivity index (χ3n) is 3.54. The Bertz CT molecular complexity index is 772. The van der Waals surface area contributed by atoms with Gasteiger partial charge >= 0.3 is 0 Å². The first-order chi connectivity index (χ1) is 10.6. The predicted molar refractivity (Wildman–Crippen MR) is 89.3 cm³/mol. The molecule has 0 aliphatic heterocycles. The lowest BCUT2D eigenvalue weighted by Gasteiger charge is -2.09. The molecule has 22 heavy (non-hydrogen) atoms. The summed E-state index contributed by atoms with van der Waals surface area (Å²) in [5, 5.41) is 7.88. The lowest BCUT2D eigenvalue weighted by Crippen LogP contribution is -2.06. The van der Waals surface area contributed by atoms with Crippen molar-refractivity contribution in [2.24, 2.45) is 0 Å². The predicted octanol–water partition coefficient (Wildman–Crippen LogP) is 3.80. The van der Waals surface area contributed by atoms with Crippen molar-refractivity contribution in [3.8, 4) is 5.82 Å². The Balaban J connectivity index is 1.76. The van der Waals surface area contributed by atoms with Crippen molar-refractivity contribution in [3.05, 3.63) is 71.2 Å². The van der Waals surface area contributed by atoms with Gasteiger partial charge in [-0.15, -0.1) is 0 Å². The highest BCUT2D eigenvalue weighted by atomic mass is 15.3. The van der Waals surface area contributed by atoms with Crippen LogP contribution in [0.5, 0.6) is 0 Å². The normalized spacial score (nSPS) is 10.7. The van der Waals surface area contributed by atoms with Gasteiger partial charge in [-0.3, -0.25) is 0 Å². The van der Waals surface area contributed by atoms with Gasteiger partial charge in [0.1, 0.15) is 0 Å². The van der Waals surface area contributed by atoms with Crippen LogP contribution in [0.4, 0.5) is 5.69 Å². The molecule has 1 aromatic carbocycles. The maximum absolute atomic E-state index is 4.69. The van der Waals surface area contributed by atoms with Gasteiger partial charge in [-0.1, -0.05) is 23.8 Å². The first kappa shape index (κ1) is 14.3. The van der Waals surface area contributed by atoms with Gasteiger partial charge < -0.3 is 5.32 Å². The zero-order chi connectivity index (χ0) is 15.5. The fourth-order valence-electron chi connectivity index (χ4n) is 2.41. The molecule has 1 N–H and O–H groups in total. The minimum absolute atomic E-state index is 0.691. The number of hydrogen-bond acceptors (Lipinski definition) is 3. The highest BCUT2D eigenvalue weighted by Gasteiger charge is 2.05. The second kappa shape index (κ2) is 6.02. The Morgan fingerprint density at radius 3 is 2.45 bits per heavy atom. The van der Waals surface area contributed by atoms with Gasteiger partial charge in [-0.2, -0.15) is 5.10 Å². The Labute approximate surface area is 130 Å². The van der Waals surface area contributed by atoms with Crippen LogP contribution in [0.15, 0.2) is 48.5 Å². The van der Waals surface area contributed by atoms with Crippen LogP contribution in [0.3, 0.4) is 0 Å². The number of benzene rings is 1. The molecule has 0 aliphatic rings. The molecular formula is C18H20N4. The molecule has 3 rings (SSSR count). The SMILES string of the molecule is Cc1ccc(NCc2cccc(-n3nc(C)cc3C)n2)cc1. The van der Waals surface area contributed by atoms with E-state index in [4.69, 9.17) is 0 Å². The largest absolute Gasteiger partial charge is 0.379 e. The molecule has 0 atom stereocenters. The van der Waals surface area contributed by atoms with Crippen LogP contribution in [0.25, 0.3) is 5.82 Å². The summed E-state index contributed by atoms with van der Waals surface area (Å²) < 4.78 is 1.88. The van der Waals surface area contributed by atoms with Crippen molar-refractivity contribution < 1.29 is 0 Å². The smallest absolute Gasteiger partial charge is 0.153 e. The number of hydrogen-bond donors (Lipinski definition) is 1. The standard InChI is InChI=1S/C18H20N4/c1-13-7-9-16(10-8-13)19-12-17-5-4-6-18(20-17)22-15(3)11-14(2)21-22/h4-11,19H,12H2,1-3H3. The van der Waals surface area contributed by atoms with E-state index in [1.165, 1.54) is 5.56 Å². The summed E-state index contributed by atoms with van der Waals surface area (Å²) in [4.78, 5) is 4.69. The molecule has 3 aromatic rings. The average Bonchev–Trinajstić information content (AvgIpc) is 2.86. The van der Waals surface area contributed by atoms with Gasteiger partial charge in [0.05, 0.1) is 17.9 Å². The summed E-state index contributed by atoms with van der Waals surface area (Å²) in [6, 6.07) is 16.4. The second-order valence-corrected chi connectivity index (χ2v) is 5.55. The fraction of sp³-hybridized carbons (Fsp3) is 0.222. The molecule has 0 aliphatic carbocycles. The van der Waals surface area contributed by atoms with Crippen molar-refractivity contribution in [3.63, 3.8) is 0 Å². The second-order valence-electron chi connectivity index (χ2n) is 5.55. The van der Waals surface area contributed by atoms with Crippen molar-refractivity contribution in [1.29, 1.82) is 0 Å². The Hall–Kier alpha value is -2.62. The van der Waals surface area contributed by atoms with E-state index in [9.17, 15) is 0 Å². The summed E-state index contributed by atoms with van der Waals surface area (Å²) in [5.41, 5.74) is 5.45. The number of aryl methyl sites for hydroxylation is 3. The monoisotopic (exact) mass is 292 g/mol. The van der Waals surface area contributed by atoms with Gasteiger partial charge in [0.25, 0.3) is 0 Å². The zero-order valence-corrected chi connectivity index (χ0v) is 13.2. The van der Waals surface area contributed by atoms with Crippen molar-refractivity contribution >= 4 is 5.69 Å². The average molecular weight is 292 g/mol. The van der Waals surface area contributed by atoms with Crippen LogP contribution in [0.2, 0.25) is 0 Å². The molecule has 0 radical (unpaired) electrons. The molecule has 4 nitrogen and oxygen atoms in total. The molecule has 0 bridgehead atoms. The topological polar surface area (TPSA) is 42.7 Å². The number of rotatable bonds is 4. The van der Waals surface area contributed by atoms with E-state index in [0.29, 0.717) is 6.54 Å². The summed E-state index contributed by atoms with van der Waals surface area (Å²) in [6.07, 6.45) is 0. The van der Waals surface area contributed by atoms with Gasteiger partial charge in [-0.05, 0) is 51.1 Å². The molecule has 2 heterocycles. The number of anilines is 1. The summed E-state index contributed by atoms with van der Waals surface area (Å²) in [7, 11) is 0. The lowest BCUT2D eigenvalue weighted by molar-refractivity contribution is 0.797. The number of nitrogens with one attached hydrogen (secondary N) is 1. The van der Waals surface area contributed by atoms with Gasteiger partial charge in [0.2, 0.25) is 0 Å². The maximum Gasteiger partial charge on any atom is 0.153 e. The van der Waals surface area contributed by atoms with E-state index >= 15 is 0 Å². The highest BCUT2D eigenvalue weighted by molar-refractivity contribution is 5.44. The van der Waals surface area contributed by atoms with Crippen LogP contribution in [0, 0.1) is 20.8 Å². The summed E-state index contributed by atoms with van der Waals surface area (Å²) >= 11 is 0. The van der Waals surface area contributed by atoms with E-state index in [1.54, 1.807) is 0 Å². The van der Waals surface area contributed by atoms with Crippen LogP contribution in [0.1, 0.15) is 22.6 Å². The molecule has 0 saturated heterocycles. The van der Waals surface area contributed by atoms with E-state index in [0.717, 1.165) is 28.6 Å². The number of pyridine rings is 1. The maximum atomic E-state index is 4.69. The highest BCUT2D eigenvalue weighted by Crippen LogP contribution is 2.13. The minimum atomic E-state index is 0.691. The Morgan fingerprint density at radius 2 is 1.77 bits per heavy atom. The molecular weight excluding hydrogens is 272 g/mol. The molecule has 0 fully saturated rings. The Kier molecular flexibility index (Phi) is 3.92. The summed E-state index contributed by atoms with van der Waals surface area (Å²) in [6.45, 7) is 6.81. The first-order valence-corrected chi connectivity index (χ1v) is 7.42. The van der Waals surface area contributed by atoms with Crippen molar-refractivity contribution in [2.75, 3.05) is 5.32 Å². The number of aromatic nitrogens is 3. The lowest BCUT2D eigenvalue weighted by atomic mass is 10.2. The first-order valence-electron chi connectivity index (χ1n) is 7.42. The fourth-order valence-corrected chi connectivity index (χ4v) is 2.41. The van der Waals surface area contributed by atoms with Crippen molar-refractivity contribution in [2.45, 2.75) is 27.3 Å². The quantitative estimate of drug-likeness (QED) is 0.795. The van der Waals surface area contributed by atoms with Crippen LogP contribution >= 0.6 is 0 Å². The van der Waals surface area contributed by atoms with E-state index in [1.807, 2.05) is 36.7 Å². The molecule has 0 spiro atoms. The van der Waals surface area contributed by atoms with E-state index in [2.05, 4.69) is 52.7 Å². The van der Waals surface area contributed by atoms with Gasteiger partial charge in [0.15, 0.2) is 5.82 Å². The number of nitrogens with zero attached hydrogens (tertiary/aromatic N) is 3. The molecule has 0 amide bonds. The van der Waals surface area contributed by atoms with Crippen LogP contribution in [-0.2, 0) is 6.54 Å². The van der Waals surface area contributed by atoms with E-state index in [-0.39, 0.29) is 0 Å². The van der Waals surface area contributed by atoms with Gasteiger partial charge in [-0.25, -0.2) is 9.67 Å². The molecule has 4 heteroatoms. The van der Waals surface area contributed by atoms with E-state index < -0.39 is 0 Å². The van der Waals surface area contributed by atoms with Crippen LogP contribution < -0.4 is 5.32 Å². The Morgan fingerprint density at radius 1 is 1.00 bits per heavy atom.